The second-order valence-electron chi connectivity index (χ2n) is 5.26. The fourth-order valence-electron chi connectivity index (χ4n) is 1.29. The average molecular weight is 828 g/mol. The van der Waals surface area contributed by atoms with Gasteiger partial charge >= 0.3 is 179 Å². The van der Waals surface area contributed by atoms with Crippen molar-refractivity contribution in [2.24, 2.45) is 0 Å². The van der Waals surface area contributed by atoms with Gasteiger partial charge < -0.3 is 58.6 Å². The van der Waals surface area contributed by atoms with Crippen LogP contribution < -0.4 is 172 Å². The summed E-state index contributed by atoms with van der Waals surface area (Å²) >= 11 is 0. The van der Waals surface area contributed by atoms with Gasteiger partial charge in [-0.15, -0.1) is 0 Å². The minimum atomic E-state index is -6.85. The van der Waals surface area contributed by atoms with Gasteiger partial charge in [0, 0.05) is 6.92 Å². The maximum atomic E-state index is 11.6. The van der Waals surface area contributed by atoms with Gasteiger partial charge in [0.25, 0.3) is 29.4 Å². The second-order valence-corrected chi connectivity index (χ2v) is 16.9. The zero-order chi connectivity index (χ0) is 30.2. The summed E-state index contributed by atoms with van der Waals surface area (Å²) < 4.78 is 114. The number of phosphoric acid groups is 8. The molecule has 0 saturated carbocycles. The third-order valence-corrected chi connectivity index (χ3v) is 12.7. The monoisotopic (exact) mass is 828 g/mol. The van der Waals surface area contributed by atoms with Crippen LogP contribution in [0.15, 0.2) is 0 Å². The van der Waals surface area contributed by atoms with Crippen molar-refractivity contribution in [3.05, 3.63) is 0 Å². The van der Waals surface area contributed by atoms with E-state index in [0.29, 0.717) is 0 Å². The molecule has 40 heteroatoms. The van der Waals surface area contributed by atoms with Crippen LogP contribution in [0.5, 0.6) is 0 Å². The third kappa shape index (κ3) is 32.0. The normalized spacial score (nSPS) is 21.8. The van der Waals surface area contributed by atoms with Crippen LogP contribution >= 0.6 is 62.6 Å². The Bertz CT molecular complexity index is 1140. The first-order valence-corrected chi connectivity index (χ1v) is 18.9. The van der Waals surface area contributed by atoms with Gasteiger partial charge in [-0.2, -0.15) is 12.9 Å². The van der Waals surface area contributed by atoms with Crippen molar-refractivity contribution in [2.75, 3.05) is 0 Å². The van der Waals surface area contributed by atoms with E-state index in [9.17, 15) is 71.0 Å². The van der Waals surface area contributed by atoms with E-state index < -0.39 is 68.6 Å². The molecule has 0 radical (unpaired) electrons. The van der Waals surface area contributed by atoms with Crippen molar-refractivity contribution in [1.82, 2.24) is 0 Å². The Kier molecular flexibility index (Phi) is 30.9. The molecule has 0 saturated heterocycles. The molecule has 0 aromatic rings. The Morgan fingerprint density at radius 1 is 0.476 bits per heavy atom. The van der Waals surface area contributed by atoms with E-state index in [2.05, 4.69) is 34.9 Å². The summed E-state index contributed by atoms with van der Waals surface area (Å²) in [5.41, 5.74) is 0. The SMILES string of the molecule is CC(O)(OP(=O)([O-])OP(=O)([O-])OP(=O)([O-])OP(=O)([O-])[O-])OP(=O)(O)OP(=O)(O)OP(=O)(O)OP(=O)(O)O.[Na+].[Na+].[Na+].[Na+].[Na+]. The minimum absolute atomic E-state index is 0. The van der Waals surface area contributed by atoms with Crippen LogP contribution in [0.2, 0.25) is 0 Å². The maximum Gasteiger partial charge on any atom is 1.00 e. The summed E-state index contributed by atoms with van der Waals surface area (Å²) in [4.78, 5) is 97.9. The zero-order valence-corrected chi connectivity index (χ0v) is 38.5. The number of aliphatic hydroxyl groups is 1. The van der Waals surface area contributed by atoms with Crippen molar-refractivity contribution in [1.29, 1.82) is 0 Å². The largest absolute Gasteiger partial charge is 1.00 e. The fourth-order valence-corrected chi connectivity index (χ4v) is 10.2. The van der Waals surface area contributed by atoms with Gasteiger partial charge in [-0.1, -0.05) is 0 Å². The van der Waals surface area contributed by atoms with Crippen molar-refractivity contribution in [3.63, 3.8) is 0 Å². The van der Waals surface area contributed by atoms with Crippen LogP contribution in [0.1, 0.15) is 6.92 Å². The number of rotatable bonds is 16. The smallest absolute Gasteiger partial charge is 0.790 e. The molecular weight excluding hydrogens is 819 g/mol. The third-order valence-electron chi connectivity index (χ3n) is 1.79. The summed E-state index contributed by atoms with van der Waals surface area (Å²) in [7, 11) is -51.9. The van der Waals surface area contributed by atoms with Gasteiger partial charge in [0.15, 0.2) is 0 Å². The molecule has 0 fully saturated rings. The van der Waals surface area contributed by atoms with Gasteiger partial charge in [-0.3, -0.25) is 22.5 Å². The van der Waals surface area contributed by atoms with Crippen molar-refractivity contribution in [2.45, 2.75) is 12.9 Å². The average Bonchev–Trinajstić information content (AvgIpc) is 2.29. The summed E-state index contributed by atoms with van der Waals surface area (Å²) in [6.45, 7) is -0.145. The maximum absolute atomic E-state index is 11.6. The molecular formula is C2H9Na5O27P8. The molecule has 0 rings (SSSR count). The molecule has 224 valence electrons. The first-order chi connectivity index (χ1) is 15.7. The van der Waals surface area contributed by atoms with E-state index in [1.54, 1.807) is 0 Å². The van der Waals surface area contributed by atoms with E-state index in [1.807, 2.05) is 0 Å². The molecule has 0 aliphatic carbocycles. The molecule has 0 aliphatic rings. The topological polar surface area (TPSA) is 447 Å². The van der Waals surface area contributed by atoms with Gasteiger partial charge in [0.05, 0.1) is 7.82 Å². The van der Waals surface area contributed by atoms with Crippen LogP contribution in [0.4, 0.5) is 0 Å². The van der Waals surface area contributed by atoms with Crippen molar-refractivity contribution < 1.29 is 273 Å². The Hall–Kier alpha value is 6.08. The summed E-state index contributed by atoms with van der Waals surface area (Å²) in [5.74, 6) is -4.22. The molecule has 0 aromatic heterocycles. The molecule has 0 spiro atoms. The Morgan fingerprint density at radius 2 is 0.786 bits per heavy atom. The van der Waals surface area contributed by atoms with Gasteiger partial charge in [0.1, 0.15) is 0 Å². The first-order valence-electron chi connectivity index (χ1n) is 7.06. The summed E-state index contributed by atoms with van der Waals surface area (Å²) in [6.07, 6.45) is 0. The van der Waals surface area contributed by atoms with Crippen molar-refractivity contribution in [3.8, 4) is 0 Å². The van der Waals surface area contributed by atoms with Crippen LogP contribution in [-0.4, -0.2) is 35.5 Å². The van der Waals surface area contributed by atoms with Gasteiger partial charge in [-0.05, 0) is 0 Å². The summed E-state index contributed by atoms with van der Waals surface area (Å²) in [6, 6.07) is 0. The zero-order valence-electron chi connectivity index (χ0n) is 21.3. The predicted molar refractivity (Wildman–Crippen MR) is 91.2 cm³/mol. The van der Waals surface area contributed by atoms with Crippen LogP contribution in [0, 0.1) is 0 Å². The van der Waals surface area contributed by atoms with Crippen LogP contribution in [-0.2, 0) is 71.4 Å². The number of hydrogen-bond acceptors (Lipinski definition) is 22. The predicted octanol–water partition coefficient (Wildman–Crippen LogP) is -18.6. The van der Waals surface area contributed by atoms with E-state index in [0.717, 1.165) is 0 Å². The quantitative estimate of drug-likeness (QED) is 0.0478. The Labute approximate surface area is 343 Å². The molecule has 0 bridgehead atoms. The summed E-state index contributed by atoms with van der Waals surface area (Å²) in [5, 5.41) is 9.50. The van der Waals surface area contributed by atoms with E-state index >= 15 is 0 Å². The van der Waals surface area contributed by atoms with E-state index in [-0.39, 0.29) is 155 Å². The van der Waals surface area contributed by atoms with E-state index in [4.69, 9.17) is 19.6 Å². The van der Waals surface area contributed by atoms with Crippen LogP contribution in [0.3, 0.4) is 0 Å². The van der Waals surface area contributed by atoms with Gasteiger partial charge in [-0.25, -0.2) is 31.4 Å². The number of hydrogen-bond donors (Lipinski definition) is 6. The molecule has 7 atom stereocenters. The molecule has 0 amide bonds. The number of phosphoric ester groups is 2. The molecule has 6 N–H and O–H groups in total. The van der Waals surface area contributed by atoms with Crippen LogP contribution in [0.25, 0.3) is 0 Å². The molecule has 0 aliphatic heterocycles. The minimum Gasteiger partial charge on any atom is -0.790 e. The fraction of sp³-hybridized carbons (Fsp3) is 1.00. The second kappa shape index (κ2) is 21.6. The molecule has 0 aromatic carbocycles. The van der Waals surface area contributed by atoms with Gasteiger partial charge in [0.2, 0.25) is 0 Å². The first kappa shape index (κ1) is 60.2. The molecule has 7 unspecified atom stereocenters. The van der Waals surface area contributed by atoms with Crippen molar-refractivity contribution >= 4 is 62.6 Å². The van der Waals surface area contributed by atoms with E-state index in [1.165, 1.54) is 0 Å². The molecule has 0 heterocycles. The molecule has 27 nitrogen and oxygen atoms in total. The Balaban J connectivity index is -0.000000648. The molecule has 42 heavy (non-hydrogen) atoms. The standard InChI is InChI=1S/C2H14O27P8.5Na/c1-2(3,22-32(10,11)26-36(18,19)28-34(14,15)24-30(4,5)6)23-33(12,13)27-37(20,21)29-35(16,17)25-31(7,8)9;;;;;/h3H,1H3,(H,10,11)(H,12,13)(H,14,15)(H,16,17)(H,18,19)(H,20,21)(H2,4,5,6)(H2,7,8,9);;;;;/q;5*+1/p-5. The Morgan fingerprint density at radius 3 is 1.14 bits per heavy atom.